The van der Waals surface area contributed by atoms with Crippen molar-refractivity contribution in [2.24, 2.45) is 0 Å². The van der Waals surface area contributed by atoms with Crippen molar-refractivity contribution < 1.29 is 19.2 Å². The molecule has 2 aromatic rings. The average molecular weight is 387 g/mol. The topological polar surface area (TPSA) is 103 Å². The van der Waals surface area contributed by atoms with Crippen LogP contribution in [0.5, 0.6) is 11.5 Å². The van der Waals surface area contributed by atoms with Gasteiger partial charge >= 0.3 is 0 Å². The minimum Gasteiger partial charge on any atom is -0.495 e. The summed E-state index contributed by atoms with van der Waals surface area (Å²) < 4.78 is 10.6. The van der Waals surface area contributed by atoms with Crippen molar-refractivity contribution in [3.63, 3.8) is 0 Å². The SMILES string of the molecule is CCOc1ccc(C(C)NC(C)C(=O)Nc2cc([N+](=O)[O-])ccc2OC)cc1. The van der Waals surface area contributed by atoms with Crippen LogP contribution in [0.1, 0.15) is 32.4 Å². The first-order valence-electron chi connectivity index (χ1n) is 8.97. The Hall–Kier alpha value is -3.13. The normalized spacial score (nSPS) is 12.7. The van der Waals surface area contributed by atoms with E-state index < -0.39 is 11.0 Å². The maximum atomic E-state index is 12.5. The lowest BCUT2D eigenvalue weighted by molar-refractivity contribution is -0.384. The van der Waals surface area contributed by atoms with Gasteiger partial charge in [0.2, 0.25) is 5.91 Å². The Kier molecular flexibility index (Phi) is 7.34. The lowest BCUT2D eigenvalue weighted by Crippen LogP contribution is -2.39. The van der Waals surface area contributed by atoms with Crippen LogP contribution < -0.4 is 20.1 Å². The van der Waals surface area contributed by atoms with E-state index in [1.807, 2.05) is 38.1 Å². The van der Waals surface area contributed by atoms with E-state index in [4.69, 9.17) is 9.47 Å². The highest BCUT2D eigenvalue weighted by molar-refractivity contribution is 5.96. The van der Waals surface area contributed by atoms with Crippen molar-refractivity contribution in [1.29, 1.82) is 0 Å². The Morgan fingerprint density at radius 3 is 2.43 bits per heavy atom. The predicted molar refractivity (Wildman–Crippen MR) is 107 cm³/mol. The van der Waals surface area contributed by atoms with E-state index in [1.165, 1.54) is 25.3 Å². The molecule has 8 heteroatoms. The Balaban J connectivity index is 2.04. The first kappa shape index (κ1) is 21.2. The van der Waals surface area contributed by atoms with E-state index in [2.05, 4.69) is 10.6 Å². The molecule has 0 bridgehead atoms. The van der Waals surface area contributed by atoms with Crippen molar-refractivity contribution >= 4 is 17.3 Å². The molecule has 0 radical (unpaired) electrons. The second-order valence-electron chi connectivity index (χ2n) is 6.24. The summed E-state index contributed by atoms with van der Waals surface area (Å²) >= 11 is 0. The van der Waals surface area contributed by atoms with Gasteiger partial charge in [-0.15, -0.1) is 0 Å². The Morgan fingerprint density at radius 2 is 1.86 bits per heavy atom. The third-order valence-corrected chi connectivity index (χ3v) is 4.24. The summed E-state index contributed by atoms with van der Waals surface area (Å²) in [6.07, 6.45) is 0. The van der Waals surface area contributed by atoms with Gasteiger partial charge in [0.05, 0.1) is 30.4 Å². The van der Waals surface area contributed by atoms with E-state index in [9.17, 15) is 14.9 Å². The number of methoxy groups -OCH3 is 1. The third-order valence-electron chi connectivity index (χ3n) is 4.24. The molecule has 0 spiro atoms. The number of hydrogen-bond acceptors (Lipinski definition) is 6. The number of benzene rings is 2. The lowest BCUT2D eigenvalue weighted by atomic mass is 10.1. The van der Waals surface area contributed by atoms with Crippen LogP contribution in [0.2, 0.25) is 0 Å². The van der Waals surface area contributed by atoms with Gasteiger partial charge in [-0.1, -0.05) is 12.1 Å². The van der Waals surface area contributed by atoms with Crippen LogP contribution in [0.15, 0.2) is 42.5 Å². The standard InChI is InChI=1S/C20H25N3O5/c1-5-28-17-9-6-15(7-10-17)13(2)21-14(3)20(24)22-18-12-16(23(25)26)8-11-19(18)27-4/h6-14,21H,5H2,1-4H3,(H,22,24). The molecule has 1 amide bonds. The molecule has 0 fully saturated rings. The molecule has 2 rings (SSSR count). The molecule has 2 N–H and O–H groups in total. The zero-order valence-corrected chi connectivity index (χ0v) is 16.4. The van der Waals surface area contributed by atoms with E-state index in [0.717, 1.165) is 11.3 Å². The highest BCUT2D eigenvalue weighted by Gasteiger charge is 2.19. The molecule has 0 aliphatic heterocycles. The fraction of sp³-hybridized carbons (Fsp3) is 0.350. The molecule has 0 heterocycles. The van der Waals surface area contributed by atoms with Crippen molar-refractivity contribution in [3.8, 4) is 11.5 Å². The van der Waals surface area contributed by atoms with E-state index in [0.29, 0.717) is 12.4 Å². The zero-order chi connectivity index (χ0) is 20.7. The molecule has 2 aromatic carbocycles. The van der Waals surface area contributed by atoms with Crippen molar-refractivity contribution in [3.05, 3.63) is 58.1 Å². The molecule has 0 aromatic heterocycles. The van der Waals surface area contributed by atoms with Gasteiger partial charge in [-0.2, -0.15) is 0 Å². The van der Waals surface area contributed by atoms with Gasteiger partial charge in [-0.25, -0.2) is 0 Å². The zero-order valence-electron chi connectivity index (χ0n) is 16.4. The van der Waals surface area contributed by atoms with Crippen LogP contribution in [0, 0.1) is 10.1 Å². The number of amides is 1. The summed E-state index contributed by atoms with van der Waals surface area (Å²) in [6, 6.07) is 11.1. The lowest BCUT2D eigenvalue weighted by Gasteiger charge is -2.20. The molecule has 0 aliphatic carbocycles. The number of rotatable bonds is 9. The number of ether oxygens (including phenoxy) is 2. The largest absolute Gasteiger partial charge is 0.495 e. The van der Waals surface area contributed by atoms with E-state index >= 15 is 0 Å². The summed E-state index contributed by atoms with van der Waals surface area (Å²) in [5.41, 5.74) is 1.14. The number of non-ortho nitro benzene ring substituents is 1. The molecule has 150 valence electrons. The molecule has 28 heavy (non-hydrogen) atoms. The monoisotopic (exact) mass is 387 g/mol. The molecule has 0 aliphatic rings. The van der Waals surface area contributed by atoms with Crippen LogP contribution in [0.4, 0.5) is 11.4 Å². The van der Waals surface area contributed by atoms with Crippen LogP contribution in [0.3, 0.4) is 0 Å². The molecule has 0 saturated carbocycles. The van der Waals surface area contributed by atoms with Crippen molar-refractivity contribution in [2.45, 2.75) is 32.9 Å². The minimum atomic E-state index is -0.537. The fourth-order valence-corrected chi connectivity index (χ4v) is 2.71. The first-order chi connectivity index (χ1) is 13.3. The maximum absolute atomic E-state index is 12.5. The fourth-order valence-electron chi connectivity index (χ4n) is 2.71. The second-order valence-corrected chi connectivity index (χ2v) is 6.24. The third kappa shape index (κ3) is 5.43. The minimum absolute atomic E-state index is 0.0802. The first-order valence-corrected chi connectivity index (χ1v) is 8.97. The Labute approximate surface area is 164 Å². The summed E-state index contributed by atoms with van der Waals surface area (Å²) in [4.78, 5) is 23.0. The molecular formula is C20H25N3O5. The van der Waals surface area contributed by atoms with E-state index in [1.54, 1.807) is 6.92 Å². The van der Waals surface area contributed by atoms with Crippen molar-refractivity contribution in [2.75, 3.05) is 19.0 Å². The van der Waals surface area contributed by atoms with Gasteiger partial charge in [0.15, 0.2) is 0 Å². The summed E-state index contributed by atoms with van der Waals surface area (Å²) in [7, 11) is 1.44. The van der Waals surface area contributed by atoms with Gasteiger partial charge in [-0.3, -0.25) is 20.2 Å². The predicted octanol–water partition coefficient (Wildman–Crippen LogP) is 3.68. The van der Waals surface area contributed by atoms with Gasteiger partial charge in [-0.05, 0) is 44.5 Å². The van der Waals surface area contributed by atoms with Gasteiger partial charge in [0.1, 0.15) is 11.5 Å². The summed E-state index contributed by atoms with van der Waals surface area (Å²) in [6.45, 7) is 6.21. The van der Waals surface area contributed by atoms with Crippen molar-refractivity contribution in [1.82, 2.24) is 5.32 Å². The number of nitrogens with zero attached hydrogens (tertiary/aromatic N) is 1. The number of nitro groups is 1. The number of carbonyl (C=O) groups is 1. The van der Waals surface area contributed by atoms with Crippen LogP contribution >= 0.6 is 0 Å². The highest BCUT2D eigenvalue weighted by atomic mass is 16.6. The Morgan fingerprint density at radius 1 is 1.18 bits per heavy atom. The maximum Gasteiger partial charge on any atom is 0.271 e. The Bertz CT molecular complexity index is 823. The number of hydrogen-bond donors (Lipinski definition) is 2. The van der Waals surface area contributed by atoms with Crippen LogP contribution in [0.25, 0.3) is 0 Å². The number of anilines is 1. The summed E-state index contributed by atoms with van der Waals surface area (Å²) in [5.74, 6) is 0.823. The molecular weight excluding hydrogens is 362 g/mol. The smallest absolute Gasteiger partial charge is 0.271 e. The van der Waals surface area contributed by atoms with E-state index in [-0.39, 0.29) is 23.3 Å². The quantitative estimate of drug-likeness (QED) is 0.503. The second kappa shape index (κ2) is 9.70. The number of nitrogens with one attached hydrogen (secondary N) is 2. The average Bonchev–Trinajstić information content (AvgIpc) is 2.68. The summed E-state index contributed by atoms with van der Waals surface area (Å²) in [5, 5.41) is 16.9. The van der Waals surface area contributed by atoms with Gasteiger partial charge in [0, 0.05) is 18.2 Å². The van der Waals surface area contributed by atoms with Crippen LogP contribution in [-0.2, 0) is 4.79 Å². The highest BCUT2D eigenvalue weighted by Crippen LogP contribution is 2.29. The van der Waals surface area contributed by atoms with Gasteiger partial charge in [0.25, 0.3) is 5.69 Å². The molecule has 0 saturated heterocycles. The van der Waals surface area contributed by atoms with Crippen LogP contribution in [-0.4, -0.2) is 30.6 Å². The molecule has 2 atom stereocenters. The number of nitro benzene ring substituents is 1. The number of carbonyl (C=O) groups excluding carboxylic acids is 1. The van der Waals surface area contributed by atoms with Gasteiger partial charge < -0.3 is 14.8 Å². The molecule has 8 nitrogen and oxygen atoms in total. The molecule has 2 unspecified atom stereocenters.